The fraction of sp³-hybridized carbons (Fsp3) is 0.606. The summed E-state index contributed by atoms with van der Waals surface area (Å²) in [6.07, 6.45) is 0.877. The molecule has 0 radical (unpaired) electrons. The van der Waals surface area contributed by atoms with Crippen LogP contribution in [0.4, 0.5) is 4.79 Å². The lowest BCUT2D eigenvalue weighted by molar-refractivity contribution is -0.199. The van der Waals surface area contributed by atoms with Gasteiger partial charge < -0.3 is 33.3 Å². The first kappa shape index (κ1) is 35.1. The van der Waals surface area contributed by atoms with Crippen LogP contribution in [0.25, 0.3) is 11.0 Å². The van der Waals surface area contributed by atoms with Crippen LogP contribution in [0.2, 0.25) is 28.3 Å². The van der Waals surface area contributed by atoms with Crippen molar-refractivity contribution in [3.05, 3.63) is 58.1 Å². The average molecular weight is 694 g/mol. The maximum atomic E-state index is 13.4. The van der Waals surface area contributed by atoms with E-state index in [1.165, 1.54) is 6.33 Å². The fourth-order valence-electron chi connectivity index (χ4n) is 5.74. The minimum Gasteiger partial charge on any atom is -0.444 e. The smallest absolute Gasteiger partial charge is 0.408 e. The Labute approximate surface area is 282 Å². The predicted octanol–water partition coefficient (Wildman–Crippen LogP) is 7.99. The Balaban J connectivity index is 1.55. The molecule has 5 rings (SSSR count). The zero-order chi connectivity index (χ0) is 33.8. The molecule has 0 unspecified atom stereocenters. The number of fused-ring (bicyclic) bond motifs is 2. The quantitative estimate of drug-likeness (QED) is 0.187. The molecular formula is C33H46Cl2N4O6Si. The molecule has 4 heterocycles. The first-order valence-electron chi connectivity index (χ1n) is 15.7. The summed E-state index contributed by atoms with van der Waals surface area (Å²) in [7, 11) is -2.00. The number of rotatable bonds is 8. The van der Waals surface area contributed by atoms with E-state index in [0.29, 0.717) is 34.2 Å². The van der Waals surface area contributed by atoms with E-state index >= 15 is 0 Å². The van der Waals surface area contributed by atoms with Gasteiger partial charge in [-0.2, -0.15) is 0 Å². The predicted molar refractivity (Wildman–Crippen MR) is 181 cm³/mol. The normalized spacial score (nSPS) is 23.8. The van der Waals surface area contributed by atoms with Crippen molar-refractivity contribution < 1.29 is 28.2 Å². The Morgan fingerprint density at radius 1 is 1.09 bits per heavy atom. The molecule has 2 aliphatic rings. The second kappa shape index (κ2) is 12.6. The molecule has 13 heteroatoms. The summed E-state index contributed by atoms with van der Waals surface area (Å²) in [4.78, 5) is 22.0. The lowest BCUT2D eigenvalue weighted by Crippen LogP contribution is -2.45. The number of carbonyl (C=O) groups is 1. The van der Waals surface area contributed by atoms with Crippen LogP contribution < -0.4 is 5.32 Å². The summed E-state index contributed by atoms with van der Waals surface area (Å²) in [6.45, 7) is 20.8. The topological polar surface area (TPSA) is 106 Å². The highest BCUT2D eigenvalue weighted by atomic mass is 35.5. The van der Waals surface area contributed by atoms with Crippen LogP contribution in [-0.4, -0.2) is 65.3 Å². The van der Waals surface area contributed by atoms with Crippen molar-refractivity contribution in [3.8, 4) is 0 Å². The van der Waals surface area contributed by atoms with Gasteiger partial charge in [0, 0.05) is 17.8 Å². The molecule has 5 atom stereocenters. The molecule has 1 aromatic carbocycles. The number of hydrogen-bond donors (Lipinski definition) is 1. The first-order chi connectivity index (χ1) is 21.3. The minimum absolute atomic E-state index is 0.0665. The van der Waals surface area contributed by atoms with Crippen LogP contribution in [0, 0.1) is 0 Å². The van der Waals surface area contributed by atoms with Crippen molar-refractivity contribution >= 4 is 48.6 Å². The molecule has 1 N–H and O–H groups in total. The number of alkyl carbamates (subject to hydrolysis) is 1. The molecule has 0 aliphatic carbocycles. The van der Waals surface area contributed by atoms with E-state index in [9.17, 15) is 4.79 Å². The van der Waals surface area contributed by atoms with E-state index in [2.05, 4.69) is 49.1 Å². The van der Waals surface area contributed by atoms with Gasteiger partial charge in [0.2, 0.25) is 0 Å². The van der Waals surface area contributed by atoms with Crippen LogP contribution in [0.15, 0.2) is 36.8 Å². The zero-order valence-electron chi connectivity index (χ0n) is 28.3. The maximum Gasteiger partial charge on any atom is 0.408 e. The van der Waals surface area contributed by atoms with Crippen LogP contribution in [0.1, 0.15) is 78.8 Å². The summed E-state index contributed by atoms with van der Waals surface area (Å²) < 4.78 is 33.9. The molecule has 0 spiro atoms. The fourth-order valence-corrected chi connectivity index (χ4v) is 7.17. The molecule has 2 aliphatic heterocycles. The minimum atomic E-state index is -2.00. The van der Waals surface area contributed by atoms with Gasteiger partial charge in [0.25, 0.3) is 0 Å². The van der Waals surface area contributed by atoms with Crippen molar-refractivity contribution in [1.29, 1.82) is 0 Å². The van der Waals surface area contributed by atoms with Gasteiger partial charge in [0.1, 0.15) is 41.0 Å². The van der Waals surface area contributed by atoms with Crippen molar-refractivity contribution in [1.82, 2.24) is 19.9 Å². The third-order valence-corrected chi connectivity index (χ3v) is 14.0. The molecule has 252 valence electrons. The number of ether oxygens (including phenoxy) is 4. The number of hydrogen-bond acceptors (Lipinski definition) is 8. The Morgan fingerprint density at radius 3 is 2.46 bits per heavy atom. The van der Waals surface area contributed by atoms with Gasteiger partial charge in [-0.3, -0.25) is 0 Å². The van der Waals surface area contributed by atoms with E-state index in [1.807, 2.05) is 69.6 Å². The SMILES string of the molecule is CC(C)(C)OC(=O)N[C@H](c1ccc(Cl)cc1CCO[Si](C)(C)C(C)(C)C)[C@H]1O[C@@H](n2ccc3c(Cl)ncnc32)[C@@H]2OC(C)(C)O[C@@H]21. The molecular weight excluding hydrogens is 647 g/mol. The second-order valence-electron chi connectivity index (χ2n) is 15.0. The number of benzene rings is 1. The van der Waals surface area contributed by atoms with E-state index in [0.717, 1.165) is 11.1 Å². The molecule has 2 fully saturated rings. The lowest BCUT2D eigenvalue weighted by atomic mass is 9.91. The Morgan fingerprint density at radius 2 is 1.78 bits per heavy atom. The highest BCUT2D eigenvalue weighted by molar-refractivity contribution is 6.74. The van der Waals surface area contributed by atoms with Crippen molar-refractivity contribution in [2.45, 2.75) is 122 Å². The monoisotopic (exact) mass is 692 g/mol. The van der Waals surface area contributed by atoms with E-state index < -0.39 is 56.4 Å². The highest BCUT2D eigenvalue weighted by Gasteiger charge is 2.58. The van der Waals surface area contributed by atoms with Crippen LogP contribution in [0.5, 0.6) is 0 Å². The third kappa shape index (κ3) is 7.41. The molecule has 1 amide bonds. The number of halogens is 2. The summed E-state index contributed by atoms with van der Waals surface area (Å²) >= 11 is 12.9. The van der Waals surface area contributed by atoms with Crippen molar-refractivity contribution in [3.63, 3.8) is 0 Å². The molecule has 2 saturated heterocycles. The number of nitrogens with zero attached hydrogens (tertiary/aromatic N) is 3. The van der Waals surface area contributed by atoms with Crippen molar-refractivity contribution in [2.24, 2.45) is 0 Å². The van der Waals surface area contributed by atoms with E-state index in [1.54, 1.807) is 0 Å². The van der Waals surface area contributed by atoms with Gasteiger partial charge in [-0.25, -0.2) is 14.8 Å². The first-order valence-corrected chi connectivity index (χ1v) is 19.3. The number of amides is 1. The largest absolute Gasteiger partial charge is 0.444 e. The zero-order valence-corrected chi connectivity index (χ0v) is 30.8. The molecule has 2 aromatic heterocycles. The molecule has 46 heavy (non-hydrogen) atoms. The lowest BCUT2D eigenvalue weighted by Gasteiger charge is -2.36. The van der Waals surface area contributed by atoms with Gasteiger partial charge in [0.15, 0.2) is 20.3 Å². The van der Waals surface area contributed by atoms with E-state index in [-0.39, 0.29) is 5.04 Å². The van der Waals surface area contributed by atoms with Gasteiger partial charge in [-0.05, 0) is 88.5 Å². The number of aromatic nitrogens is 3. The summed E-state index contributed by atoms with van der Waals surface area (Å²) in [6, 6.07) is 6.83. The number of nitrogens with one attached hydrogen (secondary N) is 1. The van der Waals surface area contributed by atoms with Crippen LogP contribution in [-0.2, 0) is 29.8 Å². The van der Waals surface area contributed by atoms with Crippen molar-refractivity contribution in [2.75, 3.05) is 6.61 Å². The average Bonchev–Trinajstić information content (AvgIpc) is 3.57. The number of carbonyl (C=O) groups excluding carboxylic acids is 1. The maximum absolute atomic E-state index is 13.4. The van der Waals surface area contributed by atoms with E-state index in [4.69, 9.17) is 46.6 Å². The molecule has 10 nitrogen and oxygen atoms in total. The van der Waals surface area contributed by atoms with Gasteiger partial charge in [-0.1, -0.05) is 50.0 Å². The Kier molecular flexibility index (Phi) is 9.64. The Bertz CT molecular complexity index is 1580. The molecule has 3 aromatic rings. The molecule has 0 bridgehead atoms. The van der Waals surface area contributed by atoms with Gasteiger partial charge in [0.05, 0.1) is 11.4 Å². The summed E-state index contributed by atoms with van der Waals surface area (Å²) in [5.41, 5.74) is 1.65. The summed E-state index contributed by atoms with van der Waals surface area (Å²) in [5, 5.41) is 4.81. The Hall–Kier alpha value is -2.25. The summed E-state index contributed by atoms with van der Waals surface area (Å²) in [5.74, 6) is -0.901. The third-order valence-electron chi connectivity index (χ3n) is 8.88. The van der Waals surface area contributed by atoms with Crippen LogP contribution >= 0.6 is 23.2 Å². The second-order valence-corrected chi connectivity index (χ2v) is 20.6. The molecule has 0 saturated carbocycles. The highest BCUT2D eigenvalue weighted by Crippen LogP contribution is 2.48. The van der Waals surface area contributed by atoms with Gasteiger partial charge >= 0.3 is 6.09 Å². The van der Waals surface area contributed by atoms with Gasteiger partial charge in [-0.15, -0.1) is 0 Å². The standard InChI is InChI=1S/C33H46Cl2N4O6Si/c1-31(2,3)45-30(40)38-23(21-12-11-20(34)17-19(21)14-16-41-46(9,10)32(4,5)6)24-25-26(44-33(7,8)43-25)29(42-24)39-15-13-22-27(35)36-18-37-28(22)39/h11-13,15,17-18,23-26,29H,14,16H2,1-10H3,(H,38,40)/t23-,24-,25-,26-,29-/m1/s1. The van der Waals surface area contributed by atoms with Crippen LogP contribution in [0.3, 0.4) is 0 Å².